The van der Waals surface area contributed by atoms with Crippen molar-refractivity contribution in [3.63, 3.8) is 0 Å². The summed E-state index contributed by atoms with van der Waals surface area (Å²) in [6.07, 6.45) is 3.61. The van der Waals surface area contributed by atoms with Gasteiger partial charge in [-0.15, -0.1) is 22.7 Å². The second-order valence-corrected chi connectivity index (χ2v) is 8.57. The highest BCUT2D eigenvalue weighted by Crippen LogP contribution is 2.48. The van der Waals surface area contributed by atoms with E-state index in [9.17, 15) is 0 Å². The lowest BCUT2D eigenvalue weighted by Gasteiger charge is -2.31. The minimum Gasteiger partial charge on any atom is -0.371 e. The van der Waals surface area contributed by atoms with E-state index in [0.717, 1.165) is 19.6 Å². The number of hydrogen-bond acceptors (Lipinski definition) is 5. The third kappa shape index (κ3) is 2.79. The van der Waals surface area contributed by atoms with Crippen LogP contribution in [0.4, 0.5) is 0 Å². The molecular formula is C18H24N2OS2. The number of likely N-dealkylation sites (N-methyl/N-ethyl adjacent to an activating group) is 1. The van der Waals surface area contributed by atoms with Gasteiger partial charge in [-0.25, -0.2) is 0 Å². The molecule has 124 valence electrons. The Balaban J connectivity index is 1.68. The number of ether oxygens (including phenoxy) is 1. The zero-order valence-electron chi connectivity index (χ0n) is 13.5. The average molecular weight is 349 g/mol. The van der Waals surface area contributed by atoms with Gasteiger partial charge in [-0.2, -0.15) is 0 Å². The molecule has 5 heteroatoms. The third-order valence-corrected chi connectivity index (χ3v) is 7.67. The second kappa shape index (κ2) is 6.65. The maximum atomic E-state index is 5.90. The van der Waals surface area contributed by atoms with Crippen LogP contribution in [0.1, 0.15) is 50.1 Å². The highest BCUT2D eigenvalue weighted by Gasteiger charge is 2.34. The van der Waals surface area contributed by atoms with E-state index in [1.807, 2.05) is 22.7 Å². The molecule has 3 nitrogen and oxygen atoms in total. The van der Waals surface area contributed by atoms with E-state index in [1.165, 1.54) is 23.3 Å². The Hall–Kier alpha value is -0.720. The van der Waals surface area contributed by atoms with Crippen LogP contribution < -0.4 is 11.1 Å². The van der Waals surface area contributed by atoms with Gasteiger partial charge >= 0.3 is 0 Å². The molecule has 3 atom stereocenters. The minimum atomic E-state index is 0.112. The van der Waals surface area contributed by atoms with E-state index < -0.39 is 0 Å². The van der Waals surface area contributed by atoms with Crippen LogP contribution in [0.5, 0.6) is 0 Å². The van der Waals surface area contributed by atoms with Crippen LogP contribution >= 0.6 is 22.7 Å². The van der Waals surface area contributed by atoms with Crippen molar-refractivity contribution in [1.29, 1.82) is 0 Å². The second-order valence-electron chi connectivity index (χ2n) is 6.50. The molecule has 3 N–H and O–H groups in total. The fourth-order valence-corrected chi connectivity index (χ4v) is 6.65. The number of nitrogens with one attached hydrogen (secondary N) is 1. The fraction of sp³-hybridized carbons (Fsp3) is 0.556. The first-order valence-electron chi connectivity index (χ1n) is 8.46. The van der Waals surface area contributed by atoms with Gasteiger partial charge in [0.25, 0.3) is 0 Å². The first kappa shape index (κ1) is 15.8. The van der Waals surface area contributed by atoms with Gasteiger partial charge in [0.05, 0.1) is 6.61 Å². The van der Waals surface area contributed by atoms with E-state index in [0.29, 0.717) is 18.4 Å². The summed E-state index contributed by atoms with van der Waals surface area (Å²) in [5, 5.41) is 5.67. The van der Waals surface area contributed by atoms with E-state index in [2.05, 4.69) is 29.9 Å². The summed E-state index contributed by atoms with van der Waals surface area (Å²) in [4.78, 5) is 4.51. The minimum absolute atomic E-state index is 0.112. The Kier molecular flexibility index (Phi) is 4.56. The molecule has 0 aromatic carbocycles. The van der Waals surface area contributed by atoms with Crippen molar-refractivity contribution in [3.8, 4) is 0 Å². The molecule has 0 bridgehead atoms. The fourth-order valence-electron chi connectivity index (χ4n) is 4.05. The van der Waals surface area contributed by atoms with Gasteiger partial charge in [-0.3, -0.25) is 0 Å². The first-order valence-corrected chi connectivity index (χ1v) is 10.2. The van der Waals surface area contributed by atoms with Crippen molar-refractivity contribution in [2.75, 3.05) is 26.7 Å². The molecule has 4 rings (SSSR count). The summed E-state index contributed by atoms with van der Waals surface area (Å²) in [6.45, 7) is 2.45. The largest absolute Gasteiger partial charge is 0.371 e. The van der Waals surface area contributed by atoms with Crippen LogP contribution in [0.15, 0.2) is 17.5 Å². The van der Waals surface area contributed by atoms with Crippen LogP contribution in [0.2, 0.25) is 0 Å². The predicted molar refractivity (Wildman–Crippen MR) is 97.8 cm³/mol. The first-order chi connectivity index (χ1) is 11.3. The molecule has 2 aromatic heterocycles. The van der Waals surface area contributed by atoms with Crippen LogP contribution in [0, 0.1) is 0 Å². The highest BCUT2D eigenvalue weighted by atomic mass is 32.1. The Labute approximate surface area is 145 Å². The van der Waals surface area contributed by atoms with Crippen molar-refractivity contribution in [1.82, 2.24) is 5.32 Å². The van der Waals surface area contributed by atoms with E-state index in [-0.39, 0.29) is 6.10 Å². The van der Waals surface area contributed by atoms with Crippen LogP contribution in [0.25, 0.3) is 0 Å². The summed E-state index contributed by atoms with van der Waals surface area (Å²) < 4.78 is 5.85. The van der Waals surface area contributed by atoms with Crippen LogP contribution in [-0.4, -0.2) is 26.7 Å². The normalized spacial score (nSPS) is 26.8. The van der Waals surface area contributed by atoms with E-state index in [1.54, 1.807) is 15.3 Å². The van der Waals surface area contributed by atoms with Crippen LogP contribution in [0.3, 0.4) is 0 Å². The number of rotatable bonds is 4. The predicted octanol–water partition coefficient (Wildman–Crippen LogP) is 3.42. The molecule has 0 radical (unpaired) electrons. The van der Waals surface area contributed by atoms with Gasteiger partial charge < -0.3 is 15.8 Å². The molecule has 1 aliphatic heterocycles. The van der Waals surface area contributed by atoms with Gasteiger partial charge in [-0.05, 0) is 54.9 Å². The lowest BCUT2D eigenvalue weighted by molar-refractivity contribution is 0.0515. The number of hydrogen-bond donors (Lipinski definition) is 2. The van der Waals surface area contributed by atoms with Gasteiger partial charge in [0.1, 0.15) is 6.10 Å². The Morgan fingerprint density at radius 3 is 3.04 bits per heavy atom. The van der Waals surface area contributed by atoms with Crippen molar-refractivity contribution in [3.05, 3.63) is 43.3 Å². The lowest BCUT2D eigenvalue weighted by atomic mass is 9.78. The maximum absolute atomic E-state index is 5.90. The summed E-state index contributed by atoms with van der Waals surface area (Å²) in [5.74, 6) is 1.23. The number of thiophene rings is 2. The molecule has 23 heavy (non-hydrogen) atoms. The zero-order valence-corrected chi connectivity index (χ0v) is 15.1. The number of aryl methyl sites for hydroxylation is 1. The van der Waals surface area contributed by atoms with Crippen molar-refractivity contribution in [2.45, 2.75) is 37.2 Å². The topological polar surface area (TPSA) is 47.3 Å². The molecule has 0 spiro atoms. The molecule has 2 aliphatic rings. The summed E-state index contributed by atoms with van der Waals surface area (Å²) in [5.41, 5.74) is 8.95. The number of fused-ring (bicyclic) bond motifs is 2. The molecule has 1 aliphatic carbocycles. The Morgan fingerprint density at radius 1 is 1.30 bits per heavy atom. The SMILES string of the molecule is CNCC1c2sccc2CCC1c1cc2c(s1)C(CN)OCC2. The molecule has 0 saturated heterocycles. The molecule has 0 fully saturated rings. The number of nitrogens with two attached hydrogens (primary N) is 1. The third-order valence-electron chi connectivity index (χ3n) is 5.18. The van der Waals surface area contributed by atoms with Crippen molar-refractivity contribution < 1.29 is 4.74 Å². The summed E-state index contributed by atoms with van der Waals surface area (Å²) >= 11 is 3.88. The monoisotopic (exact) mass is 348 g/mol. The molecule has 2 aromatic rings. The standard InChI is InChI=1S/C18H24N2OS2/c1-20-10-14-13(3-2-11-5-7-22-17(11)14)16-8-12-4-6-21-15(9-19)18(12)23-16/h5,7-8,13-15,20H,2-4,6,9-10,19H2,1H3. The summed E-state index contributed by atoms with van der Waals surface area (Å²) in [6, 6.07) is 4.77. The zero-order chi connectivity index (χ0) is 15.8. The molecule has 3 heterocycles. The van der Waals surface area contributed by atoms with Gasteiger partial charge in [0, 0.05) is 39.6 Å². The van der Waals surface area contributed by atoms with Gasteiger partial charge in [-0.1, -0.05) is 0 Å². The van der Waals surface area contributed by atoms with Crippen molar-refractivity contribution in [2.24, 2.45) is 5.73 Å². The van der Waals surface area contributed by atoms with Crippen molar-refractivity contribution >= 4 is 22.7 Å². The molecular weight excluding hydrogens is 324 g/mol. The van der Waals surface area contributed by atoms with Crippen LogP contribution in [-0.2, 0) is 17.6 Å². The van der Waals surface area contributed by atoms with E-state index >= 15 is 0 Å². The lowest BCUT2D eigenvalue weighted by Crippen LogP contribution is -2.26. The average Bonchev–Trinajstić information content (AvgIpc) is 3.21. The summed E-state index contributed by atoms with van der Waals surface area (Å²) in [7, 11) is 2.07. The molecule has 3 unspecified atom stereocenters. The highest BCUT2D eigenvalue weighted by molar-refractivity contribution is 7.12. The quantitative estimate of drug-likeness (QED) is 0.890. The molecule has 0 saturated carbocycles. The molecule has 0 amide bonds. The van der Waals surface area contributed by atoms with Gasteiger partial charge in [0.15, 0.2) is 0 Å². The Morgan fingerprint density at radius 2 is 2.22 bits per heavy atom. The maximum Gasteiger partial charge on any atom is 0.104 e. The van der Waals surface area contributed by atoms with E-state index in [4.69, 9.17) is 10.5 Å². The smallest absolute Gasteiger partial charge is 0.104 e. The Bertz CT molecular complexity index is 678. The van der Waals surface area contributed by atoms with Gasteiger partial charge in [0.2, 0.25) is 0 Å².